The minimum Gasteiger partial charge on any atom is -0.316 e. The minimum atomic E-state index is -1.08. The SMILES string of the molecule is CC(C)CNCCCS(=O)c1ccc([N+](=O)[O-])cc1. The van der Waals surface area contributed by atoms with Gasteiger partial charge in [0.2, 0.25) is 0 Å². The van der Waals surface area contributed by atoms with Gasteiger partial charge >= 0.3 is 0 Å². The number of nitrogens with one attached hydrogen (secondary N) is 1. The molecule has 0 amide bonds. The summed E-state index contributed by atoms with van der Waals surface area (Å²) < 4.78 is 11.9. The van der Waals surface area contributed by atoms with Gasteiger partial charge in [-0.25, -0.2) is 0 Å². The highest BCUT2D eigenvalue weighted by atomic mass is 32.2. The zero-order valence-corrected chi connectivity index (χ0v) is 12.1. The van der Waals surface area contributed by atoms with Crippen LogP contribution in [-0.4, -0.2) is 28.0 Å². The summed E-state index contributed by atoms with van der Waals surface area (Å²) in [6.45, 7) is 6.09. The van der Waals surface area contributed by atoms with E-state index in [1.165, 1.54) is 12.1 Å². The first-order chi connectivity index (χ1) is 9.00. The Bertz CT molecular complexity index is 432. The second-order valence-corrected chi connectivity index (χ2v) is 6.32. The highest BCUT2D eigenvalue weighted by Gasteiger charge is 2.08. The first-order valence-electron chi connectivity index (χ1n) is 6.34. The van der Waals surface area contributed by atoms with E-state index < -0.39 is 15.7 Å². The van der Waals surface area contributed by atoms with Gasteiger partial charge in [-0.15, -0.1) is 0 Å². The number of hydrogen-bond acceptors (Lipinski definition) is 4. The molecule has 0 spiro atoms. The van der Waals surface area contributed by atoms with Gasteiger partial charge in [0.15, 0.2) is 0 Å². The molecule has 1 unspecified atom stereocenters. The Morgan fingerprint density at radius 1 is 1.32 bits per heavy atom. The molecule has 0 fully saturated rings. The van der Waals surface area contributed by atoms with Gasteiger partial charge in [-0.2, -0.15) is 0 Å². The number of non-ortho nitro benzene ring substituents is 1. The molecular weight excluding hydrogens is 264 g/mol. The van der Waals surface area contributed by atoms with Crippen molar-refractivity contribution in [2.45, 2.75) is 25.2 Å². The summed E-state index contributed by atoms with van der Waals surface area (Å²) in [5.41, 5.74) is 0.0272. The van der Waals surface area contributed by atoms with Crippen LogP contribution in [0.4, 0.5) is 5.69 Å². The normalized spacial score (nSPS) is 12.6. The largest absolute Gasteiger partial charge is 0.316 e. The van der Waals surface area contributed by atoms with Crippen LogP contribution in [0.2, 0.25) is 0 Å². The minimum absolute atomic E-state index is 0.0272. The van der Waals surface area contributed by atoms with Crippen LogP contribution in [0, 0.1) is 16.0 Å². The van der Waals surface area contributed by atoms with E-state index in [2.05, 4.69) is 19.2 Å². The molecule has 1 aromatic rings. The Morgan fingerprint density at radius 3 is 2.47 bits per heavy atom. The van der Waals surface area contributed by atoms with Crippen molar-refractivity contribution in [3.63, 3.8) is 0 Å². The molecule has 1 rings (SSSR count). The maximum atomic E-state index is 11.9. The molecule has 0 bridgehead atoms. The third kappa shape index (κ3) is 5.94. The fraction of sp³-hybridized carbons (Fsp3) is 0.538. The van der Waals surface area contributed by atoms with Crippen LogP contribution in [-0.2, 0) is 10.8 Å². The van der Waals surface area contributed by atoms with E-state index in [9.17, 15) is 14.3 Å². The molecule has 0 radical (unpaired) electrons. The van der Waals surface area contributed by atoms with Crippen LogP contribution in [0.25, 0.3) is 0 Å². The Labute approximate surface area is 116 Å². The smallest absolute Gasteiger partial charge is 0.269 e. The van der Waals surface area contributed by atoms with Crippen LogP contribution < -0.4 is 5.32 Å². The summed E-state index contributed by atoms with van der Waals surface area (Å²) in [6, 6.07) is 5.92. The average Bonchev–Trinajstić information content (AvgIpc) is 2.37. The molecular formula is C13H20N2O3S. The topological polar surface area (TPSA) is 72.2 Å². The van der Waals surface area contributed by atoms with Crippen LogP contribution in [0.1, 0.15) is 20.3 Å². The highest BCUT2D eigenvalue weighted by Crippen LogP contribution is 2.14. The number of nitrogens with zero attached hydrogens (tertiary/aromatic N) is 1. The molecule has 106 valence electrons. The lowest BCUT2D eigenvalue weighted by atomic mass is 10.2. The van der Waals surface area contributed by atoms with Gasteiger partial charge < -0.3 is 5.32 Å². The van der Waals surface area contributed by atoms with Crippen LogP contribution in [0.3, 0.4) is 0 Å². The van der Waals surface area contributed by atoms with Gasteiger partial charge in [-0.3, -0.25) is 14.3 Å². The number of nitro benzene ring substituents is 1. The second-order valence-electron chi connectivity index (χ2n) is 4.75. The number of nitro groups is 1. The second kappa shape index (κ2) is 8.01. The molecule has 1 atom stereocenters. The molecule has 0 aromatic heterocycles. The van der Waals surface area contributed by atoms with Crippen molar-refractivity contribution >= 4 is 16.5 Å². The molecule has 0 aliphatic carbocycles. The summed E-state index contributed by atoms with van der Waals surface area (Å²) in [6.07, 6.45) is 0.830. The first kappa shape index (κ1) is 15.8. The maximum Gasteiger partial charge on any atom is 0.269 e. The van der Waals surface area contributed by atoms with Crippen molar-refractivity contribution in [3.8, 4) is 0 Å². The Balaban J connectivity index is 2.35. The van der Waals surface area contributed by atoms with E-state index in [-0.39, 0.29) is 5.69 Å². The van der Waals surface area contributed by atoms with E-state index in [4.69, 9.17) is 0 Å². The predicted molar refractivity (Wildman–Crippen MR) is 76.7 cm³/mol. The molecule has 0 aliphatic heterocycles. The van der Waals surface area contributed by atoms with Gasteiger partial charge in [0.05, 0.1) is 15.7 Å². The third-order valence-corrected chi connectivity index (χ3v) is 4.00. The fourth-order valence-corrected chi connectivity index (χ4v) is 2.64. The van der Waals surface area contributed by atoms with Crippen molar-refractivity contribution in [3.05, 3.63) is 34.4 Å². The molecule has 0 aliphatic rings. The predicted octanol–water partition coefficient (Wildman–Crippen LogP) is 2.34. The lowest BCUT2D eigenvalue weighted by Crippen LogP contribution is -2.21. The zero-order chi connectivity index (χ0) is 14.3. The van der Waals surface area contributed by atoms with Crippen LogP contribution >= 0.6 is 0 Å². The van der Waals surface area contributed by atoms with E-state index in [0.717, 1.165) is 19.5 Å². The Hall–Kier alpha value is -1.27. The quantitative estimate of drug-likeness (QED) is 0.452. The van der Waals surface area contributed by atoms with Crippen LogP contribution in [0.15, 0.2) is 29.2 Å². The molecule has 19 heavy (non-hydrogen) atoms. The van der Waals surface area contributed by atoms with Crippen molar-refractivity contribution in [2.24, 2.45) is 5.92 Å². The van der Waals surface area contributed by atoms with Gasteiger partial charge in [0.25, 0.3) is 5.69 Å². The first-order valence-corrected chi connectivity index (χ1v) is 7.66. The summed E-state index contributed by atoms with van der Waals surface area (Å²) in [7, 11) is -1.08. The molecule has 1 N–H and O–H groups in total. The lowest BCUT2D eigenvalue weighted by molar-refractivity contribution is -0.384. The zero-order valence-electron chi connectivity index (χ0n) is 11.3. The van der Waals surface area contributed by atoms with E-state index in [0.29, 0.717) is 16.6 Å². The van der Waals surface area contributed by atoms with Crippen molar-refractivity contribution < 1.29 is 9.13 Å². The van der Waals surface area contributed by atoms with E-state index >= 15 is 0 Å². The lowest BCUT2D eigenvalue weighted by Gasteiger charge is -2.07. The van der Waals surface area contributed by atoms with E-state index in [1.807, 2.05) is 0 Å². The average molecular weight is 284 g/mol. The van der Waals surface area contributed by atoms with Crippen molar-refractivity contribution in [1.82, 2.24) is 5.32 Å². The number of hydrogen-bond donors (Lipinski definition) is 1. The van der Waals surface area contributed by atoms with Crippen molar-refractivity contribution in [1.29, 1.82) is 0 Å². The molecule has 1 aromatic carbocycles. The number of benzene rings is 1. The monoisotopic (exact) mass is 284 g/mol. The van der Waals surface area contributed by atoms with Crippen LogP contribution in [0.5, 0.6) is 0 Å². The maximum absolute atomic E-state index is 11.9. The molecule has 5 nitrogen and oxygen atoms in total. The summed E-state index contributed by atoms with van der Waals surface area (Å²) in [5.74, 6) is 1.18. The summed E-state index contributed by atoms with van der Waals surface area (Å²) in [4.78, 5) is 10.7. The molecule has 6 heteroatoms. The van der Waals surface area contributed by atoms with Gasteiger partial charge in [-0.1, -0.05) is 13.8 Å². The molecule has 0 saturated carbocycles. The number of rotatable bonds is 8. The Kier molecular flexibility index (Phi) is 6.66. The van der Waals surface area contributed by atoms with Gasteiger partial charge in [0.1, 0.15) is 0 Å². The van der Waals surface area contributed by atoms with Gasteiger partial charge in [-0.05, 0) is 37.6 Å². The summed E-state index contributed by atoms with van der Waals surface area (Å²) >= 11 is 0. The summed E-state index contributed by atoms with van der Waals surface area (Å²) in [5, 5.41) is 13.8. The molecule has 0 saturated heterocycles. The Morgan fingerprint density at radius 2 is 1.95 bits per heavy atom. The fourth-order valence-electron chi connectivity index (χ4n) is 1.56. The standard InChI is InChI=1S/C13H20N2O3S/c1-11(2)10-14-8-3-9-19(18)13-6-4-12(5-7-13)15(16)17/h4-7,11,14H,3,8-10H2,1-2H3. The molecule has 0 heterocycles. The van der Waals surface area contributed by atoms with Gasteiger partial charge in [0, 0.05) is 22.8 Å². The highest BCUT2D eigenvalue weighted by molar-refractivity contribution is 7.85. The third-order valence-electron chi connectivity index (χ3n) is 2.55. The van der Waals surface area contributed by atoms with E-state index in [1.54, 1.807) is 12.1 Å². The van der Waals surface area contributed by atoms with Crippen molar-refractivity contribution in [2.75, 3.05) is 18.8 Å².